The predicted octanol–water partition coefficient (Wildman–Crippen LogP) is 5.62. The maximum Gasteiger partial charge on any atom is 1.00 e. The molecule has 0 fully saturated rings. The second-order valence-electron chi connectivity index (χ2n) is 8.98. The van der Waals surface area contributed by atoms with Crippen molar-refractivity contribution < 1.29 is 51.5 Å². The third kappa shape index (κ3) is 39.9. The predicted molar refractivity (Wildman–Crippen MR) is 134 cm³/mol. The molecule has 0 radical (unpaired) electrons. The maximum absolute atomic E-state index is 10.9. The molecule has 0 rings (SSSR count). The quantitative estimate of drug-likeness (QED) is 0.0833. The zero-order valence-corrected chi connectivity index (χ0v) is 25.3. The van der Waals surface area contributed by atoms with Gasteiger partial charge in [-0.05, 0) is 6.42 Å². The Morgan fingerprint density at radius 3 is 1.03 bits per heavy atom. The van der Waals surface area contributed by atoms with E-state index in [2.05, 4.69) is 25.0 Å². The van der Waals surface area contributed by atoms with E-state index in [-0.39, 0.29) is 36.0 Å². The summed E-state index contributed by atoms with van der Waals surface area (Å²) in [5, 5.41) is 0. The summed E-state index contributed by atoms with van der Waals surface area (Å²) in [6.45, 7) is 6.75. The van der Waals surface area contributed by atoms with E-state index in [1.54, 1.807) is 0 Å². The fourth-order valence-electron chi connectivity index (χ4n) is 3.65. The van der Waals surface area contributed by atoms with Crippen LogP contribution in [-0.2, 0) is 19.4 Å². The molecule has 0 saturated heterocycles. The fraction of sp³-hybridized carbons (Fsp3) is 0.962. The van der Waals surface area contributed by atoms with Gasteiger partial charge in [-0.15, -0.1) is 0 Å². The van der Waals surface area contributed by atoms with Gasteiger partial charge in [0.15, 0.2) is 0 Å². The Balaban J connectivity index is -0.000000545. The molecule has 0 aliphatic heterocycles. The first-order valence-electron chi connectivity index (χ1n) is 13.5. The number of hydrogen-bond donors (Lipinski definition) is 0. The van der Waals surface area contributed by atoms with Crippen LogP contribution in [0.25, 0.3) is 0 Å². The van der Waals surface area contributed by atoms with Crippen molar-refractivity contribution in [1.29, 1.82) is 0 Å². The van der Waals surface area contributed by atoms with Gasteiger partial charge >= 0.3 is 35.5 Å². The van der Waals surface area contributed by atoms with Gasteiger partial charge in [-0.3, -0.25) is 4.79 Å². The molecule has 5 nitrogen and oxygen atoms in total. The molecule has 0 saturated carbocycles. The Labute approximate surface area is 228 Å². The van der Waals surface area contributed by atoms with Crippen LogP contribution < -0.4 is 29.6 Å². The van der Waals surface area contributed by atoms with E-state index in [9.17, 15) is 17.8 Å². The van der Waals surface area contributed by atoms with E-state index in [0.29, 0.717) is 6.42 Å². The molecule has 0 aliphatic carbocycles. The summed E-state index contributed by atoms with van der Waals surface area (Å²) in [6, 6.07) is 0. The fourth-order valence-corrected chi connectivity index (χ4v) is 3.96. The van der Waals surface area contributed by atoms with Crippen LogP contribution in [0, 0.1) is 0 Å². The van der Waals surface area contributed by atoms with Crippen molar-refractivity contribution in [2.75, 3.05) is 0 Å². The van der Waals surface area contributed by atoms with Gasteiger partial charge in [0.1, 0.15) is 0 Å². The summed E-state index contributed by atoms with van der Waals surface area (Å²) in [5.74, 6) is -0.951. The minimum Gasteiger partial charge on any atom is -0.716 e. The van der Waals surface area contributed by atoms with Crippen molar-refractivity contribution in [1.82, 2.24) is 0 Å². The summed E-state index contributed by atoms with van der Waals surface area (Å²) >= 11 is 0. The molecule has 7 heteroatoms. The summed E-state index contributed by atoms with van der Waals surface area (Å²) in [4.78, 5) is 10.9. The van der Waals surface area contributed by atoms with Crippen LogP contribution in [0.3, 0.4) is 0 Å². The molecule has 0 aromatic heterocycles. The van der Waals surface area contributed by atoms with E-state index < -0.39 is 16.4 Å². The van der Waals surface area contributed by atoms with Crippen LogP contribution in [0.15, 0.2) is 0 Å². The third-order valence-corrected chi connectivity index (χ3v) is 6.03. The van der Waals surface area contributed by atoms with Crippen LogP contribution in [0.2, 0.25) is 0 Å². The molecular weight excluding hydrogens is 447 g/mol. The number of unbranched alkanes of at least 4 members (excludes halogenated alkanes) is 19. The van der Waals surface area contributed by atoms with Gasteiger partial charge in [0.05, 0.1) is 0 Å². The number of rotatable bonds is 22. The molecule has 0 amide bonds. The minimum absolute atomic E-state index is 0. The van der Waals surface area contributed by atoms with Crippen molar-refractivity contribution in [3.05, 3.63) is 0 Å². The molecule has 0 spiro atoms. The van der Waals surface area contributed by atoms with Gasteiger partial charge in [0, 0.05) is 6.42 Å². The largest absolute Gasteiger partial charge is 1.00 e. The average molecular weight is 501 g/mol. The average Bonchev–Trinajstić information content (AvgIpc) is 2.73. The van der Waals surface area contributed by atoms with Crippen molar-refractivity contribution in [3.63, 3.8) is 0 Å². The zero-order valence-electron chi connectivity index (χ0n) is 22.5. The first kappa shape index (κ1) is 37.9. The summed E-state index contributed by atoms with van der Waals surface area (Å²) in [5.41, 5.74) is 0. The van der Waals surface area contributed by atoms with E-state index in [1.165, 1.54) is 109 Å². The van der Waals surface area contributed by atoms with Crippen LogP contribution in [-0.4, -0.2) is 18.9 Å². The number of hydrogen-bond acceptors (Lipinski definition) is 5. The molecular formula is C26H53NaO5S. The Hall–Kier alpha value is 0.380. The number of carbonyl (C=O) groups is 1. The molecule has 0 aliphatic rings. The topological polar surface area (TPSA) is 83.5 Å². The molecule has 0 atom stereocenters. The second kappa shape index (κ2) is 30.4. The van der Waals surface area contributed by atoms with Gasteiger partial charge in [-0.25, -0.2) is 8.42 Å². The van der Waals surface area contributed by atoms with E-state index in [1.807, 2.05) is 0 Å². The van der Waals surface area contributed by atoms with Gasteiger partial charge in [0.25, 0.3) is 10.4 Å². The molecule has 0 unspecified atom stereocenters. The molecule has 33 heavy (non-hydrogen) atoms. The molecule has 0 N–H and O–H groups in total. The Morgan fingerprint density at radius 2 is 0.788 bits per heavy atom. The van der Waals surface area contributed by atoms with Gasteiger partial charge < -0.3 is 8.74 Å². The first-order chi connectivity index (χ1) is 15.4. The maximum atomic E-state index is 10.9. The Kier molecular flexibility index (Phi) is 34.9. The van der Waals surface area contributed by atoms with Crippen molar-refractivity contribution >= 4 is 16.4 Å². The van der Waals surface area contributed by atoms with Crippen LogP contribution in [0.4, 0.5) is 0 Å². The van der Waals surface area contributed by atoms with Gasteiger partial charge in [0.2, 0.25) is 0 Å². The zero-order chi connectivity index (χ0) is 24.3. The van der Waals surface area contributed by atoms with Crippen molar-refractivity contribution in [2.24, 2.45) is 0 Å². The van der Waals surface area contributed by atoms with Crippen LogP contribution in [0.5, 0.6) is 0 Å². The summed E-state index contributed by atoms with van der Waals surface area (Å²) < 4.78 is 34.0. The number of carbonyl (C=O) groups excluding carboxylic acids is 1. The summed E-state index contributed by atoms with van der Waals surface area (Å²) in [6.07, 6.45) is 27.3. The van der Waals surface area contributed by atoms with Crippen molar-refractivity contribution in [2.45, 2.75) is 162 Å². The third-order valence-electron chi connectivity index (χ3n) is 5.64. The normalized spacial score (nSPS) is 10.8. The van der Waals surface area contributed by atoms with E-state index in [4.69, 9.17) is 0 Å². The molecule has 0 aromatic carbocycles. The molecule has 0 heterocycles. The Morgan fingerprint density at radius 1 is 0.545 bits per heavy atom. The molecule has 0 aromatic rings. The summed E-state index contributed by atoms with van der Waals surface area (Å²) in [7, 11) is -4.88. The standard InChI is InChI=1S/C14H30.C12H24O5S.Na/c1-3-5-7-9-11-13-14-12-10-8-6-4-2;1-2-3-4-5-6-7-8-9-10-11-12(13)17-18(14,15)16;/h3-14H2,1-2H3;2-11H2,1H3,(H,14,15,16);/q;;+1/p-1. The van der Waals surface area contributed by atoms with Gasteiger partial charge in [-0.1, -0.05) is 149 Å². The van der Waals surface area contributed by atoms with Gasteiger partial charge in [-0.2, -0.15) is 0 Å². The smallest absolute Gasteiger partial charge is 0.716 e. The van der Waals surface area contributed by atoms with E-state index >= 15 is 0 Å². The SMILES string of the molecule is CCCCCCCCCCCC(=O)OS(=O)(=O)[O-].CCCCCCCCCCCCCC.[Na+]. The van der Waals surface area contributed by atoms with Crippen LogP contribution in [0.1, 0.15) is 162 Å². The van der Waals surface area contributed by atoms with E-state index in [0.717, 1.165) is 19.3 Å². The Bertz CT molecular complexity index is 471. The van der Waals surface area contributed by atoms with Crippen molar-refractivity contribution in [3.8, 4) is 0 Å². The first-order valence-corrected chi connectivity index (χ1v) is 14.9. The molecule has 0 bridgehead atoms. The van der Waals surface area contributed by atoms with Crippen LogP contribution >= 0.6 is 0 Å². The second-order valence-corrected chi connectivity index (χ2v) is 9.96. The minimum atomic E-state index is -4.88. The monoisotopic (exact) mass is 500 g/mol. The molecule has 194 valence electrons.